The lowest BCUT2D eigenvalue weighted by atomic mass is 10.2. The number of nitrogens with zero attached hydrogens (tertiary/aromatic N) is 2. The van der Waals surface area contributed by atoms with E-state index in [1.807, 2.05) is 0 Å². The molecule has 0 saturated carbocycles. The Kier molecular flexibility index (Phi) is 4.87. The summed E-state index contributed by atoms with van der Waals surface area (Å²) in [5.74, 6) is 4.83. The second-order valence-corrected chi connectivity index (χ2v) is 3.45. The summed E-state index contributed by atoms with van der Waals surface area (Å²) in [5, 5.41) is 11.8. The molecule has 1 aromatic rings. The van der Waals surface area contributed by atoms with Crippen LogP contribution in [0.1, 0.15) is 19.8 Å². The van der Waals surface area contributed by atoms with Gasteiger partial charge in [-0.3, -0.25) is 5.43 Å². The van der Waals surface area contributed by atoms with Crippen molar-refractivity contribution in [3.63, 3.8) is 0 Å². The highest BCUT2D eigenvalue weighted by atomic mass is 19.1. The Balaban J connectivity index is 2.46. The van der Waals surface area contributed by atoms with Crippen LogP contribution >= 0.6 is 0 Å². The van der Waals surface area contributed by atoms with Gasteiger partial charge in [0.25, 0.3) is 0 Å². The largest absolute Gasteiger partial charge is 0.393 e. The van der Waals surface area contributed by atoms with Crippen LogP contribution in [0.3, 0.4) is 0 Å². The van der Waals surface area contributed by atoms with Crippen LogP contribution in [0.15, 0.2) is 6.20 Å². The molecule has 1 unspecified atom stereocenters. The normalized spacial score (nSPS) is 12.2. The van der Waals surface area contributed by atoms with Gasteiger partial charge in [0.2, 0.25) is 5.95 Å². The van der Waals surface area contributed by atoms with E-state index in [1.54, 1.807) is 6.92 Å². The second-order valence-electron chi connectivity index (χ2n) is 3.45. The number of anilines is 2. The van der Waals surface area contributed by atoms with Crippen molar-refractivity contribution < 1.29 is 9.50 Å². The van der Waals surface area contributed by atoms with Gasteiger partial charge in [0, 0.05) is 6.54 Å². The maximum atomic E-state index is 13.2. The summed E-state index contributed by atoms with van der Waals surface area (Å²) in [5.41, 5.74) is 2.23. The van der Waals surface area contributed by atoms with Gasteiger partial charge in [-0.2, -0.15) is 4.98 Å². The first-order chi connectivity index (χ1) is 7.63. The van der Waals surface area contributed by atoms with E-state index in [0.29, 0.717) is 13.0 Å². The lowest BCUT2D eigenvalue weighted by Gasteiger charge is -2.08. The van der Waals surface area contributed by atoms with E-state index < -0.39 is 5.82 Å². The van der Waals surface area contributed by atoms with Crippen LogP contribution in [-0.2, 0) is 0 Å². The molecule has 16 heavy (non-hydrogen) atoms. The maximum Gasteiger partial charge on any atom is 0.239 e. The summed E-state index contributed by atoms with van der Waals surface area (Å²) < 4.78 is 13.2. The fourth-order valence-electron chi connectivity index (χ4n) is 1.16. The van der Waals surface area contributed by atoms with Crippen LogP contribution in [-0.4, -0.2) is 27.7 Å². The highest BCUT2D eigenvalue weighted by Gasteiger charge is 2.05. The molecule has 0 radical (unpaired) electrons. The molecule has 1 heterocycles. The number of halogens is 1. The summed E-state index contributed by atoms with van der Waals surface area (Å²) in [6, 6.07) is 0. The Morgan fingerprint density at radius 1 is 1.62 bits per heavy atom. The van der Waals surface area contributed by atoms with Gasteiger partial charge in [-0.1, -0.05) is 0 Å². The van der Waals surface area contributed by atoms with Gasteiger partial charge >= 0.3 is 0 Å². The molecule has 0 spiro atoms. The average Bonchev–Trinajstić information content (AvgIpc) is 2.26. The Bertz CT molecular complexity index is 334. The number of nitrogens with one attached hydrogen (secondary N) is 2. The molecule has 0 bridgehead atoms. The molecule has 6 nitrogen and oxygen atoms in total. The first-order valence-electron chi connectivity index (χ1n) is 5.04. The Hall–Kier alpha value is -1.47. The predicted molar refractivity (Wildman–Crippen MR) is 59.2 cm³/mol. The van der Waals surface area contributed by atoms with Crippen molar-refractivity contribution in [3.05, 3.63) is 12.0 Å². The zero-order valence-corrected chi connectivity index (χ0v) is 9.07. The Morgan fingerprint density at radius 2 is 2.38 bits per heavy atom. The molecular weight excluding hydrogens is 213 g/mol. The molecule has 0 aliphatic carbocycles. The first kappa shape index (κ1) is 12.6. The number of hydrazine groups is 1. The van der Waals surface area contributed by atoms with Crippen molar-refractivity contribution in [2.45, 2.75) is 25.9 Å². The van der Waals surface area contributed by atoms with Crippen LogP contribution in [0.4, 0.5) is 16.2 Å². The monoisotopic (exact) mass is 229 g/mol. The highest BCUT2D eigenvalue weighted by molar-refractivity contribution is 5.40. The van der Waals surface area contributed by atoms with Crippen molar-refractivity contribution >= 4 is 11.8 Å². The van der Waals surface area contributed by atoms with E-state index in [0.717, 1.165) is 12.6 Å². The van der Waals surface area contributed by atoms with Crippen LogP contribution in [0.5, 0.6) is 0 Å². The fourth-order valence-corrected chi connectivity index (χ4v) is 1.16. The molecule has 1 aromatic heterocycles. The van der Waals surface area contributed by atoms with Crippen LogP contribution in [0.25, 0.3) is 0 Å². The predicted octanol–water partition coefficient (Wildman–Crippen LogP) is 0.474. The van der Waals surface area contributed by atoms with Gasteiger partial charge in [0.1, 0.15) is 0 Å². The van der Waals surface area contributed by atoms with E-state index in [2.05, 4.69) is 20.7 Å². The Labute approximate surface area is 93.1 Å². The minimum absolute atomic E-state index is 0.105. The van der Waals surface area contributed by atoms with E-state index in [1.165, 1.54) is 0 Å². The summed E-state index contributed by atoms with van der Waals surface area (Å²) >= 11 is 0. The minimum atomic E-state index is -0.531. The molecule has 0 amide bonds. The molecule has 0 fully saturated rings. The van der Waals surface area contributed by atoms with Gasteiger partial charge in [-0.15, -0.1) is 0 Å². The summed E-state index contributed by atoms with van der Waals surface area (Å²) in [7, 11) is 0. The van der Waals surface area contributed by atoms with Crippen molar-refractivity contribution in [1.29, 1.82) is 0 Å². The number of aliphatic hydroxyl groups excluding tert-OH is 1. The number of nitrogen functional groups attached to an aromatic ring is 1. The first-order valence-corrected chi connectivity index (χ1v) is 5.04. The summed E-state index contributed by atoms with van der Waals surface area (Å²) in [6.07, 6.45) is 2.08. The quantitative estimate of drug-likeness (QED) is 0.322. The molecule has 0 saturated heterocycles. The van der Waals surface area contributed by atoms with Gasteiger partial charge in [-0.25, -0.2) is 15.2 Å². The van der Waals surface area contributed by atoms with Gasteiger partial charge in [-0.05, 0) is 19.8 Å². The molecule has 0 aromatic carbocycles. The van der Waals surface area contributed by atoms with Gasteiger partial charge in [0.05, 0.1) is 12.3 Å². The third-order valence-electron chi connectivity index (χ3n) is 1.96. The van der Waals surface area contributed by atoms with Crippen molar-refractivity contribution in [1.82, 2.24) is 9.97 Å². The van der Waals surface area contributed by atoms with E-state index in [4.69, 9.17) is 10.9 Å². The molecule has 0 aliphatic heterocycles. The van der Waals surface area contributed by atoms with Crippen molar-refractivity contribution in [2.24, 2.45) is 5.84 Å². The number of aliphatic hydroxyl groups is 1. The van der Waals surface area contributed by atoms with Crippen LogP contribution in [0, 0.1) is 5.82 Å². The topological polar surface area (TPSA) is 96.1 Å². The van der Waals surface area contributed by atoms with E-state index in [-0.39, 0.29) is 17.9 Å². The summed E-state index contributed by atoms with van der Waals surface area (Å²) in [6.45, 7) is 2.24. The SMILES string of the molecule is CC(O)CCCNc1nc(NN)ncc1F. The molecule has 1 atom stereocenters. The second kappa shape index (κ2) is 6.19. The number of nitrogens with two attached hydrogens (primary N) is 1. The third-order valence-corrected chi connectivity index (χ3v) is 1.96. The van der Waals surface area contributed by atoms with Crippen LogP contribution < -0.4 is 16.6 Å². The minimum Gasteiger partial charge on any atom is -0.393 e. The van der Waals surface area contributed by atoms with Crippen LogP contribution in [0.2, 0.25) is 0 Å². The highest BCUT2D eigenvalue weighted by Crippen LogP contribution is 2.11. The number of hydrogen-bond acceptors (Lipinski definition) is 6. The molecule has 0 aliphatic rings. The third kappa shape index (κ3) is 3.95. The lowest BCUT2D eigenvalue weighted by Crippen LogP contribution is -2.14. The standard InChI is InChI=1S/C9H16FN5O/c1-6(16)3-2-4-12-8-7(10)5-13-9(14-8)15-11/h5-6,16H,2-4,11H2,1H3,(H2,12,13,14,15). The van der Waals surface area contributed by atoms with E-state index >= 15 is 0 Å². The Morgan fingerprint density at radius 3 is 3.00 bits per heavy atom. The maximum absolute atomic E-state index is 13.2. The fraction of sp³-hybridized carbons (Fsp3) is 0.556. The molecule has 7 heteroatoms. The number of rotatable bonds is 6. The zero-order valence-electron chi connectivity index (χ0n) is 9.07. The number of hydrogen-bond donors (Lipinski definition) is 4. The molecule has 5 N–H and O–H groups in total. The summed E-state index contributed by atoms with van der Waals surface area (Å²) in [4.78, 5) is 7.42. The van der Waals surface area contributed by atoms with Crippen molar-refractivity contribution in [2.75, 3.05) is 17.3 Å². The molecular formula is C9H16FN5O. The van der Waals surface area contributed by atoms with Gasteiger partial charge in [0.15, 0.2) is 11.6 Å². The van der Waals surface area contributed by atoms with E-state index in [9.17, 15) is 4.39 Å². The lowest BCUT2D eigenvalue weighted by molar-refractivity contribution is 0.183. The smallest absolute Gasteiger partial charge is 0.239 e. The number of aromatic nitrogens is 2. The molecule has 90 valence electrons. The van der Waals surface area contributed by atoms with Gasteiger partial charge < -0.3 is 10.4 Å². The average molecular weight is 229 g/mol. The van der Waals surface area contributed by atoms with Crippen molar-refractivity contribution in [3.8, 4) is 0 Å². The molecule has 1 rings (SSSR count). The zero-order chi connectivity index (χ0) is 12.0.